The first-order chi connectivity index (χ1) is 33.5. The summed E-state index contributed by atoms with van der Waals surface area (Å²) in [5.74, 6) is 0. The number of carbonyl (C=O) groups excluding carboxylic acids is 1. The molecule has 5 N–H and O–H groups in total. The molecular weight excluding hydrogens is 909 g/mol. The van der Waals surface area contributed by atoms with Crippen LogP contribution in [0.2, 0.25) is 36.3 Å². The van der Waals surface area contributed by atoms with E-state index in [1.54, 1.807) is 14.2 Å². The summed E-state index contributed by atoms with van der Waals surface area (Å²) in [6, 6.07) is 0. The Morgan fingerprint density at radius 2 is 0.657 bits per heavy atom. The molecule has 0 bridgehead atoms. The van der Waals surface area contributed by atoms with Crippen LogP contribution in [0, 0.1) is 0 Å². The number of hydrogen-bond acceptors (Lipinski definition) is 11. The summed E-state index contributed by atoms with van der Waals surface area (Å²) in [4.78, 5) is 9.81. The van der Waals surface area contributed by atoms with E-state index in [1.807, 2.05) is 0 Å². The van der Waals surface area contributed by atoms with Crippen molar-refractivity contribution in [2.45, 2.75) is 251 Å². The molecule has 424 valence electrons. The number of nitrogens with two attached hydrogens (primary N) is 1. The SMILES string of the molecule is CC(C)(C)[Si](C)(C)OCCNCCCCCCCCCCCCCCN.COCCOCCCC=O.COCCOCCCNCCCCCCCCCCCCCCNCCO[Si](C)(C)C(C)(C)C. The van der Waals surface area contributed by atoms with Crippen LogP contribution in [0.5, 0.6) is 0 Å². The number of carbonyl (C=O) groups is 1. The molecule has 0 aliphatic rings. The fourth-order valence-electron chi connectivity index (χ4n) is 7.05. The molecule has 0 aromatic rings. The van der Waals surface area contributed by atoms with Crippen LogP contribution in [0.3, 0.4) is 0 Å². The van der Waals surface area contributed by atoms with Crippen LogP contribution < -0.4 is 21.7 Å². The van der Waals surface area contributed by atoms with E-state index in [4.69, 9.17) is 33.5 Å². The molecule has 0 saturated heterocycles. The predicted octanol–water partition coefficient (Wildman–Crippen LogP) is 13.8. The lowest BCUT2D eigenvalue weighted by molar-refractivity contribution is -0.108. The minimum atomic E-state index is -1.57. The molecule has 13 heteroatoms. The summed E-state index contributed by atoms with van der Waals surface area (Å²) in [6.45, 7) is 36.4. The van der Waals surface area contributed by atoms with Gasteiger partial charge in [-0.05, 0) is 108 Å². The van der Waals surface area contributed by atoms with Gasteiger partial charge in [-0.25, -0.2) is 0 Å². The number of methoxy groups -OCH3 is 2. The molecule has 0 amide bonds. The van der Waals surface area contributed by atoms with Gasteiger partial charge in [-0.3, -0.25) is 0 Å². The standard InChI is InChI=1S/C28H62N2O3Si.C22H50N2OSi.C7H14O3/c1-28(2,3)34(5,6)33-25-23-30-21-18-16-14-12-10-8-7-9-11-13-15-17-20-29-22-19-24-32-27-26-31-4;1-22(2,3)26(4,5)25-21-20-24-19-17-15-13-11-9-7-6-8-10-12-14-16-18-23;1-9-6-7-10-5-3-2-4-8/h29-30H,7-27H2,1-6H3;24H,6-21,23H2,1-5H3;4H,2-3,5-7H2,1H3. The third-order valence-corrected chi connectivity index (χ3v) is 23.1. The van der Waals surface area contributed by atoms with Gasteiger partial charge in [0.2, 0.25) is 0 Å². The number of ether oxygens (including phenoxy) is 4. The van der Waals surface area contributed by atoms with E-state index >= 15 is 0 Å². The Kier molecular flexibility index (Phi) is 58.0. The van der Waals surface area contributed by atoms with Crippen molar-refractivity contribution in [2.24, 2.45) is 5.73 Å². The van der Waals surface area contributed by atoms with Gasteiger partial charge in [-0.15, -0.1) is 0 Å². The van der Waals surface area contributed by atoms with Crippen molar-refractivity contribution in [3.63, 3.8) is 0 Å². The van der Waals surface area contributed by atoms with Gasteiger partial charge in [0.05, 0.1) is 26.4 Å². The Hall–Kier alpha value is -0.296. The zero-order valence-corrected chi connectivity index (χ0v) is 51.2. The van der Waals surface area contributed by atoms with Crippen molar-refractivity contribution in [1.29, 1.82) is 0 Å². The number of hydrogen-bond donors (Lipinski definition) is 4. The second-order valence-electron chi connectivity index (χ2n) is 22.6. The second-order valence-corrected chi connectivity index (χ2v) is 32.2. The molecule has 0 aromatic heterocycles. The van der Waals surface area contributed by atoms with Crippen LogP contribution >= 0.6 is 0 Å². The first-order valence-electron chi connectivity index (χ1n) is 29.2. The van der Waals surface area contributed by atoms with Crippen LogP contribution in [0.4, 0.5) is 0 Å². The number of nitrogens with one attached hydrogen (secondary N) is 3. The summed E-state index contributed by atoms with van der Waals surface area (Å²) in [6.07, 6.45) is 36.6. The minimum absolute atomic E-state index is 0.311. The molecule has 0 unspecified atom stereocenters. The van der Waals surface area contributed by atoms with Gasteiger partial charge < -0.3 is 54.3 Å². The van der Waals surface area contributed by atoms with E-state index in [1.165, 1.54) is 154 Å². The van der Waals surface area contributed by atoms with Crippen molar-refractivity contribution >= 4 is 22.9 Å². The van der Waals surface area contributed by atoms with E-state index in [0.29, 0.717) is 49.5 Å². The van der Waals surface area contributed by atoms with E-state index in [0.717, 1.165) is 84.8 Å². The summed E-state index contributed by atoms with van der Waals surface area (Å²) < 4.78 is 32.7. The van der Waals surface area contributed by atoms with E-state index in [-0.39, 0.29) is 0 Å². The zero-order chi connectivity index (χ0) is 52.8. The molecule has 70 heavy (non-hydrogen) atoms. The van der Waals surface area contributed by atoms with Gasteiger partial charge >= 0.3 is 0 Å². The first-order valence-corrected chi connectivity index (χ1v) is 35.0. The minimum Gasteiger partial charge on any atom is -0.416 e. The highest BCUT2D eigenvalue weighted by atomic mass is 28.4. The molecule has 0 aliphatic carbocycles. The second kappa shape index (κ2) is 55.0. The number of rotatable bonds is 51. The topological polar surface area (TPSA) is 135 Å². The summed E-state index contributed by atoms with van der Waals surface area (Å²) in [5.41, 5.74) is 5.51. The van der Waals surface area contributed by atoms with E-state index in [9.17, 15) is 4.79 Å². The van der Waals surface area contributed by atoms with Crippen molar-refractivity contribution in [3.8, 4) is 0 Å². The highest BCUT2D eigenvalue weighted by molar-refractivity contribution is 6.74. The maximum atomic E-state index is 9.81. The fraction of sp³-hybridized carbons (Fsp3) is 0.982. The lowest BCUT2D eigenvalue weighted by Gasteiger charge is -2.36. The first kappa shape index (κ1) is 73.9. The van der Waals surface area contributed by atoms with Crippen molar-refractivity contribution in [1.82, 2.24) is 16.0 Å². The maximum absolute atomic E-state index is 9.81. The van der Waals surface area contributed by atoms with Gasteiger partial charge in [0.25, 0.3) is 0 Å². The monoisotopic (exact) mass is 1030 g/mol. The Morgan fingerprint density at radius 3 is 0.957 bits per heavy atom. The molecule has 0 rings (SSSR count). The fourth-order valence-corrected chi connectivity index (χ4v) is 9.14. The molecule has 0 aliphatic heterocycles. The van der Waals surface area contributed by atoms with Gasteiger partial charge in [0, 0.05) is 60.2 Å². The number of aldehydes is 1. The van der Waals surface area contributed by atoms with Crippen molar-refractivity contribution < 1.29 is 32.6 Å². The predicted molar refractivity (Wildman–Crippen MR) is 310 cm³/mol. The molecule has 0 heterocycles. The van der Waals surface area contributed by atoms with Gasteiger partial charge in [0.1, 0.15) is 6.29 Å². The van der Waals surface area contributed by atoms with Crippen LogP contribution in [-0.2, 0) is 32.6 Å². The van der Waals surface area contributed by atoms with Gasteiger partial charge in [-0.1, -0.05) is 170 Å². The lowest BCUT2D eigenvalue weighted by atomic mass is 10.1. The van der Waals surface area contributed by atoms with Crippen LogP contribution in [0.1, 0.15) is 215 Å². The van der Waals surface area contributed by atoms with E-state index < -0.39 is 16.6 Å². The lowest BCUT2D eigenvalue weighted by Crippen LogP contribution is -2.42. The Bertz CT molecular complexity index is 1020. The third kappa shape index (κ3) is 57.0. The van der Waals surface area contributed by atoms with Crippen LogP contribution in [-0.4, -0.2) is 136 Å². The average molecular weight is 1040 g/mol. The Labute approximate surface area is 439 Å². The highest BCUT2D eigenvalue weighted by Gasteiger charge is 2.37. The highest BCUT2D eigenvalue weighted by Crippen LogP contribution is 2.37. The van der Waals surface area contributed by atoms with Crippen LogP contribution in [0.25, 0.3) is 0 Å². The normalized spacial score (nSPS) is 12.2. The zero-order valence-electron chi connectivity index (χ0n) is 49.2. The maximum Gasteiger partial charge on any atom is 0.192 e. The van der Waals surface area contributed by atoms with Crippen molar-refractivity contribution in [3.05, 3.63) is 0 Å². The summed E-state index contributed by atoms with van der Waals surface area (Å²) >= 11 is 0. The van der Waals surface area contributed by atoms with Crippen molar-refractivity contribution in [2.75, 3.05) is 113 Å². The Balaban J connectivity index is -0.00000110. The molecule has 0 saturated carbocycles. The number of unbranched alkanes of at least 4 members (excludes halogenated alkanes) is 23. The van der Waals surface area contributed by atoms with Gasteiger partial charge in [0.15, 0.2) is 16.6 Å². The quantitative estimate of drug-likeness (QED) is 0.0264. The average Bonchev–Trinajstić information content (AvgIpc) is 3.31. The molecule has 0 spiro atoms. The molecule has 0 fully saturated rings. The summed E-state index contributed by atoms with van der Waals surface area (Å²) in [7, 11) is 0.212. The molecule has 0 radical (unpaired) electrons. The smallest absolute Gasteiger partial charge is 0.192 e. The van der Waals surface area contributed by atoms with Crippen LogP contribution in [0.15, 0.2) is 0 Å². The largest absolute Gasteiger partial charge is 0.416 e. The molecule has 0 aromatic carbocycles. The molecular formula is C57H126N4O7Si2. The molecule has 0 atom stereocenters. The van der Waals surface area contributed by atoms with Gasteiger partial charge in [-0.2, -0.15) is 0 Å². The van der Waals surface area contributed by atoms with E-state index in [2.05, 4.69) is 83.7 Å². The Morgan fingerprint density at radius 1 is 0.371 bits per heavy atom. The third-order valence-electron chi connectivity index (χ3n) is 14.0. The summed E-state index contributed by atoms with van der Waals surface area (Å²) in [5, 5.41) is 11.2. The molecule has 11 nitrogen and oxygen atoms in total.